The first-order valence-corrected chi connectivity index (χ1v) is 7.75. The third kappa shape index (κ3) is 2.29. The van der Waals surface area contributed by atoms with Gasteiger partial charge in [-0.15, -0.1) is 0 Å². The van der Waals surface area contributed by atoms with Crippen molar-refractivity contribution < 1.29 is 9.90 Å². The number of carbonyl (C=O) groups excluding carboxylic acids is 1. The Morgan fingerprint density at radius 3 is 2.47 bits per heavy atom. The summed E-state index contributed by atoms with van der Waals surface area (Å²) in [5.41, 5.74) is 0.274. The number of carbonyl (C=O) groups is 1. The number of piperidine rings is 1. The molecule has 2 aliphatic heterocycles. The van der Waals surface area contributed by atoms with Crippen molar-refractivity contribution in [3.05, 3.63) is 0 Å². The number of rotatable bonds is 2. The molecule has 0 aromatic rings. The lowest BCUT2D eigenvalue weighted by Crippen LogP contribution is -2.47. The van der Waals surface area contributed by atoms with Crippen LogP contribution in [0.1, 0.15) is 39.0 Å². The van der Waals surface area contributed by atoms with Crippen LogP contribution < -0.4 is 0 Å². The van der Waals surface area contributed by atoms with Gasteiger partial charge in [0.25, 0.3) is 0 Å². The van der Waals surface area contributed by atoms with E-state index in [1.807, 2.05) is 4.90 Å². The van der Waals surface area contributed by atoms with E-state index in [0.29, 0.717) is 12.5 Å². The monoisotopic (exact) mass is 266 g/mol. The van der Waals surface area contributed by atoms with Gasteiger partial charge in [-0.25, -0.2) is 0 Å². The first-order chi connectivity index (χ1) is 9.14. The van der Waals surface area contributed by atoms with Crippen molar-refractivity contribution in [2.75, 3.05) is 32.8 Å². The van der Waals surface area contributed by atoms with Crippen molar-refractivity contribution in [2.45, 2.75) is 45.1 Å². The maximum Gasteiger partial charge on any atom is 0.219 e. The highest BCUT2D eigenvalue weighted by atomic mass is 16.3. The van der Waals surface area contributed by atoms with Gasteiger partial charge in [0.05, 0.1) is 0 Å². The van der Waals surface area contributed by atoms with Gasteiger partial charge in [-0.3, -0.25) is 9.69 Å². The molecule has 4 heteroatoms. The number of hydrogen-bond acceptors (Lipinski definition) is 3. The predicted octanol–water partition coefficient (Wildman–Crippen LogP) is 1.09. The minimum atomic E-state index is 0.198. The van der Waals surface area contributed by atoms with E-state index in [9.17, 15) is 9.90 Å². The Morgan fingerprint density at radius 1 is 1.32 bits per heavy atom. The quantitative estimate of drug-likeness (QED) is 0.814. The summed E-state index contributed by atoms with van der Waals surface area (Å²) in [6, 6.07) is 0.777. The molecule has 3 fully saturated rings. The van der Waals surface area contributed by atoms with E-state index >= 15 is 0 Å². The molecule has 2 heterocycles. The second kappa shape index (κ2) is 5.06. The van der Waals surface area contributed by atoms with E-state index in [2.05, 4.69) is 4.90 Å². The van der Waals surface area contributed by atoms with Gasteiger partial charge in [0.2, 0.25) is 5.91 Å². The molecule has 0 bridgehead atoms. The molecule has 1 saturated carbocycles. The fourth-order valence-corrected chi connectivity index (χ4v) is 4.19. The highest BCUT2D eigenvalue weighted by Gasteiger charge is 2.49. The maximum atomic E-state index is 11.4. The van der Waals surface area contributed by atoms with Crippen LogP contribution in [0.15, 0.2) is 0 Å². The first-order valence-electron chi connectivity index (χ1n) is 7.75. The molecular weight excluding hydrogens is 240 g/mol. The van der Waals surface area contributed by atoms with E-state index in [4.69, 9.17) is 0 Å². The smallest absolute Gasteiger partial charge is 0.219 e. The van der Waals surface area contributed by atoms with Gasteiger partial charge in [0, 0.05) is 51.7 Å². The van der Waals surface area contributed by atoms with Crippen LogP contribution in [0.4, 0.5) is 0 Å². The second-order valence-corrected chi connectivity index (χ2v) is 6.76. The molecule has 1 aliphatic carbocycles. The number of nitrogens with zero attached hydrogens (tertiary/aromatic N) is 2. The van der Waals surface area contributed by atoms with Gasteiger partial charge in [-0.1, -0.05) is 6.42 Å². The zero-order valence-corrected chi connectivity index (χ0v) is 12.0. The molecule has 1 amide bonds. The van der Waals surface area contributed by atoms with Crippen molar-refractivity contribution in [3.8, 4) is 0 Å². The first kappa shape index (κ1) is 13.4. The molecule has 4 nitrogen and oxygen atoms in total. The van der Waals surface area contributed by atoms with E-state index in [-0.39, 0.29) is 11.3 Å². The van der Waals surface area contributed by atoms with E-state index in [1.165, 1.54) is 19.3 Å². The number of aliphatic hydroxyl groups excluding tert-OH is 1. The van der Waals surface area contributed by atoms with Crippen LogP contribution in [0.2, 0.25) is 0 Å². The topological polar surface area (TPSA) is 43.8 Å². The Balaban J connectivity index is 1.67. The highest BCUT2D eigenvalue weighted by Crippen LogP contribution is 2.46. The Bertz CT molecular complexity index is 346. The Morgan fingerprint density at radius 2 is 2.00 bits per heavy atom. The van der Waals surface area contributed by atoms with E-state index < -0.39 is 0 Å². The van der Waals surface area contributed by atoms with Crippen molar-refractivity contribution in [1.82, 2.24) is 9.80 Å². The molecule has 0 radical (unpaired) electrons. The number of likely N-dealkylation sites (tertiary alicyclic amines) is 2. The number of amides is 1. The SMILES string of the molecule is CC(=O)N1CCC2(CC1)CN(C1CCC1)CC2CO. The molecule has 2 saturated heterocycles. The number of hydrogen-bond donors (Lipinski definition) is 1. The molecule has 1 spiro atoms. The van der Waals surface area contributed by atoms with Crippen molar-refractivity contribution in [3.63, 3.8) is 0 Å². The van der Waals surface area contributed by atoms with Crippen LogP contribution in [0, 0.1) is 11.3 Å². The predicted molar refractivity (Wildman–Crippen MR) is 73.7 cm³/mol. The van der Waals surface area contributed by atoms with Crippen LogP contribution in [0.5, 0.6) is 0 Å². The molecular formula is C15H26N2O2. The van der Waals surface area contributed by atoms with Crippen LogP contribution >= 0.6 is 0 Å². The molecule has 1 atom stereocenters. The third-order valence-corrected chi connectivity index (χ3v) is 5.85. The van der Waals surface area contributed by atoms with Crippen LogP contribution in [-0.2, 0) is 4.79 Å². The van der Waals surface area contributed by atoms with Gasteiger partial charge in [-0.2, -0.15) is 0 Å². The minimum Gasteiger partial charge on any atom is -0.396 e. The number of aliphatic hydroxyl groups is 1. The van der Waals surface area contributed by atoms with Gasteiger partial charge in [-0.05, 0) is 31.1 Å². The fourth-order valence-electron chi connectivity index (χ4n) is 4.19. The minimum absolute atomic E-state index is 0.198. The van der Waals surface area contributed by atoms with E-state index in [1.54, 1.807) is 6.92 Å². The van der Waals surface area contributed by atoms with Gasteiger partial charge in [0.1, 0.15) is 0 Å². The van der Waals surface area contributed by atoms with Crippen molar-refractivity contribution in [2.24, 2.45) is 11.3 Å². The fraction of sp³-hybridized carbons (Fsp3) is 0.933. The highest BCUT2D eigenvalue weighted by molar-refractivity contribution is 5.73. The van der Waals surface area contributed by atoms with Gasteiger partial charge in [0.15, 0.2) is 0 Å². The van der Waals surface area contributed by atoms with Crippen LogP contribution in [0.3, 0.4) is 0 Å². The van der Waals surface area contributed by atoms with E-state index in [0.717, 1.165) is 45.1 Å². The zero-order chi connectivity index (χ0) is 13.5. The van der Waals surface area contributed by atoms with Crippen molar-refractivity contribution >= 4 is 5.91 Å². The van der Waals surface area contributed by atoms with Gasteiger partial charge >= 0.3 is 0 Å². The van der Waals surface area contributed by atoms with Crippen LogP contribution in [0.25, 0.3) is 0 Å². The summed E-state index contributed by atoms with van der Waals surface area (Å²) in [5.74, 6) is 0.617. The molecule has 1 N–H and O–H groups in total. The lowest BCUT2D eigenvalue weighted by atomic mass is 9.71. The summed E-state index contributed by atoms with van der Waals surface area (Å²) in [6.07, 6.45) is 6.19. The average Bonchev–Trinajstić information content (AvgIpc) is 2.66. The summed E-state index contributed by atoms with van der Waals surface area (Å²) in [5, 5.41) is 9.74. The Labute approximate surface area is 115 Å². The van der Waals surface area contributed by atoms with Crippen molar-refractivity contribution in [1.29, 1.82) is 0 Å². The Kier molecular flexibility index (Phi) is 3.56. The summed E-state index contributed by atoms with van der Waals surface area (Å²) in [7, 11) is 0. The summed E-state index contributed by atoms with van der Waals surface area (Å²) < 4.78 is 0. The lowest BCUT2D eigenvalue weighted by molar-refractivity contribution is -0.131. The lowest BCUT2D eigenvalue weighted by Gasteiger charge is -2.43. The average molecular weight is 266 g/mol. The summed E-state index contributed by atoms with van der Waals surface area (Å²) >= 11 is 0. The molecule has 19 heavy (non-hydrogen) atoms. The van der Waals surface area contributed by atoms with Crippen LogP contribution in [-0.4, -0.2) is 59.6 Å². The molecule has 3 rings (SSSR count). The third-order valence-electron chi connectivity index (χ3n) is 5.85. The Hall–Kier alpha value is -0.610. The molecule has 0 aromatic carbocycles. The summed E-state index contributed by atoms with van der Waals surface area (Å²) in [4.78, 5) is 16.0. The second-order valence-electron chi connectivity index (χ2n) is 6.76. The zero-order valence-electron chi connectivity index (χ0n) is 12.0. The molecule has 0 aromatic heterocycles. The maximum absolute atomic E-state index is 11.4. The van der Waals surface area contributed by atoms with Gasteiger partial charge < -0.3 is 10.0 Å². The molecule has 1 unspecified atom stereocenters. The standard InChI is InChI=1S/C15H26N2O2/c1-12(19)16-7-5-15(6-8-16)11-17(9-13(15)10-18)14-3-2-4-14/h13-14,18H,2-11H2,1H3. The molecule has 108 valence electrons. The largest absolute Gasteiger partial charge is 0.396 e. The normalized spacial score (nSPS) is 31.7. The summed E-state index contributed by atoms with van der Waals surface area (Å²) in [6.45, 7) is 5.95. The molecule has 3 aliphatic rings.